The van der Waals surface area contributed by atoms with E-state index in [0.29, 0.717) is 0 Å². The normalized spacial score (nSPS) is 12.2. The first-order valence-corrected chi connectivity index (χ1v) is 6.47. The molecule has 0 unspecified atom stereocenters. The number of halogens is 9. The molecule has 0 aliphatic carbocycles. The minimum Gasteiger partial charge on any atom is -0.540 e. The zero-order valence-corrected chi connectivity index (χ0v) is 15.8. The van der Waals surface area contributed by atoms with Gasteiger partial charge in [0.2, 0.25) is 0 Å². The second kappa shape index (κ2) is 8.38. The molecule has 0 radical (unpaired) electrons. The van der Waals surface area contributed by atoms with Crippen LogP contribution in [0.4, 0.5) is 36.4 Å². The second-order valence-electron chi connectivity index (χ2n) is 4.34. The van der Waals surface area contributed by atoms with Crippen LogP contribution in [0.2, 0.25) is 10.0 Å². The first-order valence-electron chi connectivity index (χ1n) is 5.72. The smallest absolute Gasteiger partial charge is 0.540 e. The third-order valence-corrected chi connectivity index (χ3v) is 3.30. The van der Waals surface area contributed by atoms with Gasteiger partial charge in [0.25, 0.3) is 5.91 Å². The molecule has 0 saturated heterocycles. The number of carboxylic acid groups (broad SMARTS) is 1. The number of hydrogen-bond donors (Lipinski definition) is 2. The Morgan fingerprint density at radius 2 is 1.31 bits per heavy atom. The van der Waals surface area contributed by atoms with Gasteiger partial charge in [-0.15, -0.1) is 0 Å². The van der Waals surface area contributed by atoms with E-state index in [1.807, 2.05) is 0 Å². The van der Waals surface area contributed by atoms with Crippen LogP contribution < -0.4 is 45.5 Å². The average molecular weight is 439 g/mol. The van der Waals surface area contributed by atoms with Crippen molar-refractivity contribution in [3.05, 3.63) is 27.7 Å². The van der Waals surface area contributed by atoms with Gasteiger partial charge in [-0.3, -0.25) is 15.6 Å². The number of carbonyl (C=O) groups is 2. The topological polar surface area (TPSA) is 81.3 Å². The van der Waals surface area contributed by atoms with Crippen molar-refractivity contribution < 1.29 is 75.0 Å². The Kier molecular flexibility index (Phi) is 8.07. The zero-order valence-electron chi connectivity index (χ0n) is 12.3. The number of nitrogens with one attached hydrogen (secondary N) is 2. The largest absolute Gasteiger partial charge is 1.00 e. The van der Waals surface area contributed by atoms with Crippen molar-refractivity contribution in [1.29, 1.82) is 0 Å². The summed E-state index contributed by atoms with van der Waals surface area (Å²) in [6.45, 7) is 0. The molecule has 15 heteroatoms. The molecule has 0 aromatic heterocycles. The van der Waals surface area contributed by atoms with Crippen molar-refractivity contribution in [1.82, 2.24) is 5.43 Å². The van der Waals surface area contributed by atoms with Crippen LogP contribution in [-0.4, -0.2) is 24.2 Å². The van der Waals surface area contributed by atoms with Crippen molar-refractivity contribution in [2.75, 3.05) is 5.43 Å². The minimum atomic E-state index is -6.38. The molecule has 1 aromatic carbocycles. The van der Waals surface area contributed by atoms with Gasteiger partial charge in [-0.2, -0.15) is 26.3 Å². The molecule has 2 N–H and O–H groups in total. The maximum atomic E-state index is 13.9. The van der Waals surface area contributed by atoms with Crippen LogP contribution in [0.3, 0.4) is 0 Å². The van der Waals surface area contributed by atoms with Gasteiger partial charge in [0, 0.05) is 5.56 Å². The van der Waals surface area contributed by atoms with Gasteiger partial charge in [-0.25, -0.2) is 4.39 Å². The maximum Gasteiger partial charge on any atom is 1.00 e. The summed E-state index contributed by atoms with van der Waals surface area (Å²) >= 11 is 10.9. The molecule has 0 fully saturated rings. The fourth-order valence-corrected chi connectivity index (χ4v) is 2.13. The zero-order chi connectivity index (χ0) is 19.8. The number of benzene rings is 1. The molecule has 5 nitrogen and oxygen atoms in total. The van der Waals surface area contributed by atoms with Crippen molar-refractivity contribution in [3.8, 4) is 0 Å². The molecular formula is C11H4Cl2F7N2NaO3. The molecule has 1 aromatic rings. The van der Waals surface area contributed by atoms with E-state index in [1.54, 1.807) is 5.43 Å². The number of carboxylic acids is 1. The molecule has 0 aliphatic rings. The van der Waals surface area contributed by atoms with Crippen LogP contribution in [0.25, 0.3) is 0 Å². The van der Waals surface area contributed by atoms with Gasteiger partial charge < -0.3 is 9.90 Å². The fraction of sp³-hybridized carbons (Fsp3) is 0.273. The predicted molar refractivity (Wildman–Crippen MR) is 68.1 cm³/mol. The molecule has 140 valence electrons. The summed E-state index contributed by atoms with van der Waals surface area (Å²) in [6, 6.07) is -0.0517. The molecule has 0 spiro atoms. The van der Waals surface area contributed by atoms with Gasteiger partial charge in [0.05, 0.1) is 15.7 Å². The van der Waals surface area contributed by atoms with E-state index in [-0.39, 0.29) is 41.7 Å². The molecular weight excluding hydrogens is 435 g/mol. The van der Waals surface area contributed by atoms with E-state index in [1.165, 1.54) is 5.43 Å². The van der Waals surface area contributed by atoms with Crippen LogP contribution in [0.15, 0.2) is 12.1 Å². The standard InChI is InChI=1S/C11H5Cl2F7N2O3.Na/c12-4-1-3(9(14,10(15,16)17)11(18,19)20)2-5(13)6(4)21-22-7(23)8(24)25;/h1-2,21H,(H,22,23)(H,24,25);/q;+1/p-1. The minimum absolute atomic E-state index is 0. The summed E-state index contributed by atoms with van der Waals surface area (Å²) in [6.07, 6.45) is -12.8. The Labute approximate surface area is 172 Å². The van der Waals surface area contributed by atoms with Gasteiger partial charge in [0.1, 0.15) is 5.97 Å². The van der Waals surface area contributed by atoms with Crippen LogP contribution in [0, 0.1) is 0 Å². The van der Waals surface area contributed by atoms with Gasteiger partial charge in [0.15, 0.2) is 0 Å². The summed E-state index contributed by atoms with van der Waals surface area (Å²) in [5, 5.41) is 8.25. The molecule has 0 atom stereocenters. The summed E-state index contributed by atoms with van der Waals surface area (Å²) in [5.74, 6) is -3.96. The number of alkyl halides is 7. The Bertz CT molecular complexity index is 675. The van der Waals surface area contributed by atoms with Crippen molar-refractivity contribution in [2.45, 2.75) is 18.0 Å². The first-order chi connectivity index (χ1) is 11.1. The van der Waals surface area contributed by atoms with Gasteiger partial charge in [-0.1, -0.05) is 23.2 Å². The molecule has 0 saturated carbocycles. The molecule has 1 rings (SSSR count). The summed E-state index contributed by atoms with van der Waals surface area (Å²) in [7, 11) is 0. The van der Waals surface area contributed by atoms with Gasteiger partial charge in [-0.05, 0) is 12.1 Å². The monoisotopic (exact) mass is 438 g/mol. The van der Waals surface area contributed by atoms with E-state index >= 15 is 0 Å². The Hall–Kier alpha value is -0.950. The molecule has 1 amide bonds. The average Bonchev–Trinajstić information content (AvgIpc) is 2.42. The predicted octanol–water partition coefficient (Wildman–Crippen LogP) is -0.520. The number of anilines is 1. The van der Waals surface area contributed by atoms with Crippen LogP contribution in [0.1, 0.15) is 5.56 Å². The second-order valence-corrected chi connectivity index (χ2v) is 5.15. The first kappa shape index (κ1) is 25.1. The Balaban J connectivity index is 0.00000625. The number of aliphatic carboxylic acids is 1. The number of carbonyl (C=O) groups excluding carboxylic acids is 2. The fourth-order valence-electron chi connectivity index (χ4n) is 1.55. The Morgan fingerprint density at radius 1 is 0.923 bits per heavy atom. The van der Waals surface area contributed by atoms with Crippen LogP contribution in [0.5, 0.6) is 0 Å². The third-order valence-electron chi connectivity index (χ3n) is 2.71. The molecule has 0 heterocycles. The Morgan fingerprint density at radius 3 is 1.62 bits per heavy atom. The summed E-state index contributed by atoms with van der Waals surface area (Å²) in [5.41, 5.74) is -5.21. The molecule has 0 bridgehead atoms. The third kappa shape index (κ3) is 4.85. The number of amides is 1. The van der Waals surface area contributed by atoms with E-state index < -0.39 is 51.2 Å². The van der Waals surface area contributed by atoms with E-state index in [2.05, 4.69) is 0 Å². The summed E-state index contributed by atoms with van der Waals surface area (Å²) in [4.78, 5) is 20.9. The maximum absolute atomic E-state index is 13.9. The van der Waals surface area contributed by atoms with Gasteiger partial charge >= 0.3 is 47.6 Å². The van der Waals surface area contributed by atoms with E-state index in [0.717, 1.165) is 0 Å². The molecule has 26 heavy (non-hydrogen) atoms. The van der Waals surface area contributed by atoms with E-state index in [4.69, 9.17) is 23.2 Å². The quantitative estimate of drug-likeness (QED) is 0.288. The van der Waals surface area contributed by atoms with Crippen molar-refractivity contribution in [2.24, 2.45) is 0 Å². The van der Waals surface area contributed by atoms with Crippen LogP contribution >= 0.6 is 23.2 Å². The van der Waals surface area contributed by atoms with Crippen molar-refractivity contribution in [3.63, 3.8) is 0 Å². The SMILES string of the molecule is O=C([O-])C(=O)NNc1c(Cl)cc(C(F)(C(F)(F)F)C(F)(F)F)cc1Cl.[Na+]. The number of rotatable bonds is 3. The van der Waals surface area contributed by atoms with Crippen LogP contribution in [-0.2, 0) is 15.3 Å². The molecule has 0 aliphatic heterocycles. The summed E-state index contributed by atoms with van der Waals surface area (Å²) < 4.78 is 89.9. The number of hydrogen-bond acceptors (Lipinski definition) is 4. The van der Waals surface area contributed by atoms with Crippen molar-refractivity contribution >= 4 is 40.8 Å². The number of hydrazine groups is 1. The van der Waals surface area contributed by atoms with E-state index in [9.17, 15) is 45.4 Å².